The van der Waals surface area contributed by atoms with Crippen molar-refractivity contribution in [3.05, 3.63) is 36.0 Å². The third-order valence-electron chi connectivity index (χ3n) is 2.62. The monoisotopic (exact) mass is 231 g/mol. The number of fused-ring (bicyclic) bond motifs is 1. The van der Waals surface area contributed by atoms with Gasteiger partial charge in [0.1, 0.15) is 5.75 Å². The number of aromatic nitrogens is 1. The van der Waals surface area contributed by atoms with Crippen LogP contribution in [-0.2, 0) is 16.6 Å². The summed E-state index contributed by atoms with van der Waals surface area (Å²) in [4.78, 5) is 11.0. The van der Waals surface area contributed by atoms with Gasteiger partial charge in [0.05, 0.1) is 12.6 Å². The zero-order chi connectivity index (χ0) is 12.4. The van der Waals surface area contributed by atoms with Crippen molar-refractivity contribution in [3.63, 3.8) is 0 Å². The van der Waals surface area contributed by atoms with Crippen LogP contribution in [0.15, 0.2) is 30.5 Å². The SMILES string of the molecule is COC(=O)/C=C/c1cn(C)c2cccc(O)c12. The van der Waals surface area contributed by atoms with Crippen LogP contribution in [0.3, 0.4) is 0 Å². The lowest BCUT2D eigenvalue weighted by Gasteiger charge is -1.97. The fourth-order valence-electron chi connectivity index (χ4n) is 1.81. The first-order chi connectivity index (χ1) is 8.13. The second kappa shape index (κ2) is 4.33. The van der Waals surface area contributed by atoms with E-state index < -0.39 is 5.97 Å². The molecule has 88 valence electrons. The number of ether oxygens (including phenoxy) is 1. The van der Waals surface area contributed by atoms with Crippen molar-refractivity contribution in [1.82, 2.24) is 4.57 Å². The lowest BCUT2D eigenvalue weighted by Crippen LogP contribution is -1.93. The summed E-state index contributed by atoms with van der Waals surface area (Å²) in [5.74, 6) is -0.218. The van der Waals surface area contributed by atoms with Gasteiger partial charge in [-0.1, -0.05) is 6.07 Å². The molecule has 0 spiro atoms. The number of hydrogen-bond acceptors (Lipinski definition) is 3. The Morgan fingerprint density at radius 1 is 1.47 bits per heavy atom. The number of aromatic hydroxyl groups is 1. The molecule has 0 atom stereocenters. The Morgan fingerprint density at radius 3 is 2.94 bits per heavy atom. The van der Waals surface area contributed by atoms with Crippen molar-refractivity contribution in [2.75, 3.05) is 7.11 Å². The van der Waals surface area contributed by atoms with E-state index in [2.05, 4.69) is 4.74 Å². The minimum Gasteiger partial charge on any atom is -0.507 e. The van der Waals surface area contributed by atoms with E-state index in [1.165, 1.54) is 13.2 Å². The Labute approximate surface area is 98.7 Å². The first-order valence-corrected chi connectivity index (χ1v) is 5.16. The number of phenolic OH excluding ortho intramolecular Hbond substituents is 1. The second-order valence-corrected chi connectivity index (χ2v) is 3.72. The number of phenols is 1. The van der Waals surface area contributed by atoms with Crippen molar-refractivity contribution in [2.24, 2.45) is 7.05 Å². The molecule has 0 unspecified atom stereocenters. The zero-order valence-corrected chi connectivity index (χ0v) is 9.68. The molecule has 0 aliphatic carbocycles. The molecule has 0 amide bonds. The van der Waals surface area contributed by atoms with Gasteiger partial charge in [0.25, 0.3) is 0 Å². The van der Waals surface area contributed by atoms with Crippen molar-refractivity contribution in [3.8, 4) is 5.75 Å². The van der Waals surface area contributed by atoms with E-state index in [4.69, 9.17) is 0 Å². The molecule has 1 N–H and O–H groups in total. The molecule has 0 aliphatic heterocycles. The highest BCUT2D eigenvalue weighted by atomic mass is 16.5. The normalized spacial score (nSPS) is 11.2. The van der Waals surface area contributed by atoms with Crippen LogP contribution in [0.1, 0.15) is 5.56 Å². The van der Waals surface area contributed by atoms with Crippen LogP contribution < -0.4 is 0 Å². The average Bonchev–Trinajstić information content (AvgIpc) is 2.65. The Hall–Kier alpha value is -2.23. The summed E-state index contributed by atoms with van der Waals surface area (Å²) < 4.78 is 6.42. The summed E-state index contributed by atoms with van der Waals surface area (Å²) in [5, 5.41) is 10.6. The van der Waals surface area contributed by atoms with Crippen LogP contribution in [0.25, 0.3) is 17.0 Å². The minimum atomic E-state index is -0.419. The van der Waals surface area contributed by atoms with Crippen LogP contribution >= 0.6 is 0 Å². The Bertz CT molecular complexity index is 596. The molecule has 2 rings (SSSR count). The number of nitrogens with zero attached hydrogens (tertiary/aromatic N) is 1. The second-order valence-electron chi connectivity index (χ2n) is 3.72. The number of methoxy groups -OCH3 is 1. The van der Waals surface area contributed by atoms with Gasteiger partial charge in [-0.3, -0.25) is 0 Å². The van der Waals surface area contributed by atoms with E-state index in [0.717, 1.165) is 16.5 Å². The predicted octanol–water partition coefficient (Wildman–Crippen LogP) is 2.07. The highest BCUT2D eigenvalue weighted by molar-refractivity contribution is 5.97. The molecule has 1 aromatic heterocycles. The van der Waals surface area contributed by atoms with E-state index in [1.54, 1.807) is 18.2 Å². The molecule has 0 saturated heterocycles. The average molecular weight is 231 g/mol. The first-order valence-electron chi connectivity index (χ1n) is 5.16. The summed E-state index contributed by atoms with van der Waals surface area (Å²) >= 11 is 0. The van der Waals surface area contributed by atoms with Crippen LogP contribution in [0.2, 0.25) is 0 Å². The van der Waals surface area contributed by atoms with E-state index in [1.807, 2.05) is 23.9 Å². The number of hydrogen-bond donors (Lipinski definition) is 1. The molecule has 1 heterocycles. The van der Waals surface area contributed by atoms with E-state index in [-0.39, 0.29) is 5.75 Å². The van der Waals surface area contributed by atoms with Gasteiger partial charge < -0.3 is 14.4 Å². The van der Waals surface area contributed by atoms with Crippen LogP contribution in [0, 0.1) is 0 Å². The van der Waals surface area contributed by atoms with E-state index in [9.17, 15) is 9.90 Å². The Kier molecular flexibility index (Phi) is 2.87. The largest absolute Gasteiger partial charge is 0.507 e. The molecule has 0 aliphatic rings. The Balaban J connectivity index is 2.55. The maximum atomic E-state index is 11.0. The summed E-state index contributed by atoms with van der Waals surface area (Å²) in [6.07, 6.45) is 4.82. The fraction of sp³-hybridized carbons (Fsp3) is 0.154. The molecular formula is C13H13NO3. The summed E-state index contributed by atoms with van der Waals surface area (Å²) in [5.41, 5.74) is 1.69. The molecule has 0 fully saturated rings. The summed E-state index contributed by atoms with van der Waals surface area (Å²) in [7, 11) is 3.21. The van der Waals surface area contributed by atoms with Gasteiger partial charge in [-0.2, -0.15) is 0 Å². The number of aryl methyl sites for hydroxylation is 1. The maximum absolute atomic E-state index is 11.0. The fourth-order valence-corrected chi connectivity index (χ4v) is 1.81. The molecular weight excluding hydrogens is 218 g/mol. The van der Waals surface area contributed by atoms with Gasteiger partial charge in [-0.15, -0.1) is 0 Å². The van der Waals surface area contributed by atoms with Crippen molar-refractivity contribution < 1.29 is 14.6 Å². The lowest BCUT2D eigenvalue weighted by molar-refractivity contribution is -0.134. The molecule has 0 bridgehead atoms. The maximum Gasteiger partial charge on any atom is 0.330 e. The third kappa shape index (κ3) is 2.01. The highest BCUT2D eigenvalue weighted by Crippen LogP contribution is 2.29. The van der Waals surface area contributed by atoms with Gasteiger partial charge in [0.15, 0.2) is 0 Å². The molecule has 0 radical (unpaired) electrons. The van der Waals surface area contributed by atoms with Gasteiger partial charge in [-0.25, -0.2) is 4.79 Å². The topological polar surface area (TPSA) is 51.5 Å². The summed E-state index contributed by atoms with van der Waals surface area (Å²) in [6.45, 7) is 0. The molecule has 17 heavy (non-hydrogen) atoms. The minimum absolute atomic E-state index is 0.201. The van der Waals surface area contributed by atoms with Gasteiger partial charge in [-0.05, 0) is 18.2 Å². The van der Waals surface area contributed by atoms with Gasteiger partial charge in [0.2, 0.25) is 0 Å². The number of carbonyl (C=O) groups excluding carboxylic acids is 1. The standard InChI is InChI=1S/C13H13NO3/c1-14-8-9(6-7-12(16)17-2)13-10(14)4-3-5-11(13)15/h3-8,15H,1-2H3/b7-6+. The Morgan fingerprint density at radius 2 is 2.24 bits per heavy atom. The van der Waals surface area contributed by atoms with E-state index in [0.29, 0.717) is 0 Å². The molecule has 2 aromatic rings. The molecule has 4 nitrogen and oxygen atoms in total. The van der Waals surface area contributed by atoms with Crippen LogP contribution in [-0.4, -0.2) is 22.8 Å². The number of carbonyl (C=O) groups is 1. The van der Waals surface area contributed by atoms with Crippen LogP contribution in [0.4, 0.5) is 0 Å². The predicted molar refractivity (Wildman–Crippen MR) is 65.6 cm³/mol. The molecule has 1 aromatic carbocycles. The highest BCUT2D eigenvalue weighted by Gasteiger charge is 2.08. The lowest BCUT2D eigenvalue weighted by atomic mass is 10.1. The zero-order valence-electron chi connectivity index (χ0n) is 9.68. The number of esters is 1. The summed E-state index contributed by atoms with van der Waals surface area (Å²) in [6, 6.07) is 5.31. The van der Waals surface area contributed by atoms with Crippen LogP contribution in [0.5, 0.6) is 5.75 Å². The number of rotatable bonds is 2. The molecule has 0 saturated carbocycles. The quantitative estimate of drug-likeness (QED) is 0.636. The molecule has 4 heteroatoms. The van der Waals surface area contributed by atoms with Gasteiger partial charge in [0, 0.05) is 30.3 Å². The van der Waals surface area contributed by atoms with E-state index >= 15 is 0 Å². The smallest absolute Gasteiger partial charge is 0.330 e. The first kappa shape index (κ1) is 11.3. The van der Waals surface area contributed by atoms with Crippen molar-refractivity contribution in [2.45, 2.75) is 0 Å². The number of benzene rings is 1. The third-order valence-corrected chi connectivity index (χ3v) is 2.62. The van der Waals surface area contributed by atoms with Crippen molar-refractivity contribution >= 4 is 22.9 Å². The van der Waals surface area contributed by atoms with Gasteiger partial charge >= 0.3 is 5.97 Å². The van der Waals surface area contributed by atoms with Crippen molar-refractivity contribution in [1.29, 1.82) is 0 Å².